The van der Waals surface area contributed by atoms with Crippen LogP contribution in [0.5, 0.6) is 0 Å². The number of nitrogens with zero attached hydrogens (tertiary/aromatic N) is 4. The fraction of sp³-hybridized carbons (Fsp3) is 0.217. The monoisotopic (exact) mass is 479 g/mol. The summed E-state index contributed by atoms with van der Waals surface area (Å²) in [7, 11) is 0. The number of halogens is 1. The van der Waals surface area contributed by atoms with Crippen molar-refractivity contribution < 1.29 is 4.79 Å². The molecule has 1 amide bonds. The van der Waals surface area contributed by atoms with Gasteiger partial charge in [0, 0.05) is 11.0 Å². The van der Waals surface area contributed by atoms with Gasteiger partial charge in [-0.2, -0.15) is 5.10 Å². The molecule has 0 fully saturated rings. The molecule has 8 heteroatoms. The molecule has 0 radical (unpaired) electrons. The lowest BCUT2D eigenvalue weighted by molar-refractivity contribution is -0.120. The quantitative estimate of drug-likeness (QED) is 0.441. The molecule has 158 valence electrons. The zero-order valence-corrected chi connectivity index (χ0v) is 18.7. The van der Waals surface area contributed by atoms with Crippen molar-refractivity contribution >= 4 is 32.9 Å². The molecule has 0 aliphatic heterocycles. The molecule has 0 saturated carbocycles. The second-order valence-corrected chi connectivity index (χ2v) is 8.34. The van der Waals surface area contributed by atoms with Gasteiger partial charge in [0.1, 0.15) is 11.7 Å². The number of carbonyl (C=O) groups excluding carboxylic acids is 1. The number of aryl methyl sites for hydroxylation is 1. The number of benzene rings is 2. The molecule has 4 rings (SSSR count). The summed E-state index contributed by atoms with van der Waals surface area (Å²) in [5.41, 5.74) is 3.50. The Labute approximate surface area is 187 Å². The number of rotatable bonds is 7. The maximum atomic E-state index is 12.8. The van der Waals surface area contributed by atoms with E-state index in [1.807, 2.05) is 55.5 Å². The molecule has 0 atom stereocenters. The van der Waals surface area contributed by atoms with Crippen molar-refractivity contribution in [2.75, 3.05) is 6.54 Å². The molecule has 4 aromatic rings. The van der Waals surface area contributed by atoms with Crippen LogP contribution in [0.1, 0.15) is 16.7 Å². The summed E-state index contributed by atoms with van der Waals surface area (Å²) in [5.74, 6) is -0.0492. The van der Waals surface area contributed by atoms with E-state index in [1.54, 1.807) is 15.6 Å². The van der Waals surface area contributed by atoms with Gasteiger partial charge >= 0.3 is 0 Å². The van der Waals surface area contributed by atoms with Crippen LogP contribution in [0.3, 0.4) is 0 Å². The van der Waals surface area contributed by atoms with Crippen molar-refractivity contribution in [3.05, 3.63) is 92.6 Å². The molecule has 0 spiro atoms. The maximum absolute atomic E-state index is 12.8. The van der Waals surface area contributed by atoms with Crippen LogP contribution in [0, 0.1) is 6.92 Å². The lowest BCUT2D eigenvalue weighted by atomic mass is 10.1. The van der Waals surface area contributed by atoms with E-state index in [0.29, 0.717) is 37.1 Å². The SMILES string of the molecule is Cc1cccc(CC(=O)NCCn2ncc3c(=O)n(Cc4ccc(Br)cc4)cnc32)c1. The van der Waals surface area contributed by atoms with E-state index < -0.39 is 0 Å². The largest absolute Gasteiger partial charge is 0.354 e. The Morgan fingerprint density at radius 2 is 1.94 bits per heavy atom. The summed E-state index contributed by atoms with van der Waals surface area (Å²) in [6.45, 7) is 3.29. The van der Waals surface area contributed by atoms with E-state index in [0.717, 1.165) is 21.2 Å². The van der Waals surface area contributed by atoms with Gasteiger partial charge in [-0.15, -0.1) is 0 Å². The Balaban J connectivity index is 1.40. The molecular weight excluding hydrogens is 458 g/mol. The van der Waals surface area contributed by atoms with Crippen LogP contribution in [-0.2, 0) is 24.3 Å². The fourth-order valence-electron chi connectivity index (χ4n) is 3.43. The van der Waals surface area contributed by atoms with E-state index >= 15 is 0 Å². The predicted molar refractivity (Wildman–Crippen MR) is 123 cm³/mol. The highest BCUT2D eigenvalue weighted by atomic mass is 79.9. The van der Waals surface area contributed by atoms with Gasteiger partial charge in [-0.25, -0.2) is 9.67 Å². The third-order valence-electron chi connectivity index (χ3n) is 4.98. The third kappa shape index (κ3) is 5.08. The summed E-state index contributed by atoms with van der Waals surface area (Å²) in [6, 6.07) is 15.7. The van der Waals surface area contributed by atoms with Gasteiger partial charge < -0.3 is 5.32 Å². The lowest BCUT2D eigenvalue weighted by Crippen LogP contribution is -2.29. The van der Waals surface area contributed by atoms with Crippen molar-refractivity contribution in [1.29, 1.82) is 0 Å². The van der Waals surface area contributed by atoms with Crippen molar-refractivity contribution in [2.24, 2.45) is 0 Å². The fourth-order valence-corrected chi connectivity index (χ4v) is 3.70. The third-order valence-corrected chi connectivity index (χ3v) is 5.51. The van der Waals surface area contributed by atoms with Crippen LogP contribution in [-0.4, -0.2) is 31.8 Å². The molecule has 0 aliphatic carbocycles. The zero-order valence-electron chi connectivity index (χ0n) is 17.1. The Morgan fingerprint density at radius 3 is 2.71 bits per heavy atom. The topological polar surface area (TPSA) is 81.8 Å². The first-order valence-corrected chi connectivity index (χ1v) is 10.8. The Bertz CT molecular complexity index is 1280. The summed E-state index contributed by atoms with van der Waals surface area (Å²) in [4.78, 5) is 29.4. The second kappa shape index (κ2) is 9.26. The van der Waals surface area contributed by atoms with Gasteiger partial charge in [0.2, 0.25) is 5.91 Å². The Morgan fingerprint density at radius 1 is 1.13 bits per heavy atom. The summed E-state index contributed by atoms with van der Waals surface area (Å²) < 4.78 is 4.21. The first-order valence-electron chi connectivity index (χ1n) is 9.97. The molecule has 0 saturated heterocycles. The summed E-state index contributed by atoms with van der Waals surface area (Å²) >= 11 is 3.41. The van der Waals surface area contributed by atoms with Gasteiger partial charge in [0.25, 0.3) is 5.56 Å². The predicted octanol–water partition coefficient (Wildman–Crippen LogP) is 3.07. The van der Waals surface area contributed by atoms with E-state index in [9.17, 15) is 9.59 Å². The molecule has 2 heterocycles. The number of hydrogen-bond acceptors (Lipinski definition) is 4. The molecule has 31 heavy (non-hydrogen) atoms. The second-order valence-electron chi connectivity index (χ2n) is 7.42. The molecular formula is C23H22BrN5O2. The number of amides is 1. The van der Waals surface area contributed by atoms with Crippen LogP contribution in [0.2, 0.25) is 0 Å². The molecule has 2 aromatic heterocycles. The average molecular weight is 480 g/mol. The maximum Gasteiger partial charge on any atom is 0.264 e. The van der Waals surface area contributed by atoms with E-state index in [4.69, 9.17) is 0 Å². The minimum absolute atomic E-state index is 0.0492. The first-order chi connectivity index (χ1) is 15.0. The number of nitrogens with one attached hydrogen (secondary N) is 1. The van der Waals surface area contributed by atoms with E-state index in [1.165, 1.54) is 6.20 Å². The van der Waals surface area contributed by atoms with Gasteiger partial charge in [-0.3, -0.25) is 14.2 Å². The van der Waals surface area contributed by atoms with Crippen molar-refractivity contribution in [1.82, 2.24) is 24.6 Å². The Hall–Kier alpha value is -3.26. The van der Waals surface area contributed by atoms with Crippen LogP contribution in [0.4, 0.5) is 0 Å². The average Bonchev–Trinajstić information content (AvgIpc) is 3.15. The van der Waals surface area contributed by atoms with Gasteiger partial charge in [-0.1, -0.05) is 57.9 Å². The number of hydrogen-bond donors (Lipinski definition) is 1. The van der Waals surface area contributed by atoms with Crippen LogP contribution < -0.4 is 10.9 Å². The first kappa shape index (κ1) is 21.0. The smallest absolute Gasteiger partial charge is 0.264 e. The van der Waals surface area contributed by atoms with E-state index in [2.05, 4.69) is 31.3 Å². The molecule has 0 unspecified atom stereocenters. The lowest BCUT2D eigenvalue weighted by Gasteiger charge is -2.08. The summed E-state index contributed by atoms with van der Waals surface area (Å²) in [6.07, 6.45) is 3.42. The molecule has 2 aromatic carbocycles. The van der Waals surface area contributed by atoms with Crippen LogP contribution >= 0.6 is 15.9 Å². The molecule has 0 bridgehead atoms. The molecule has 0 aliphatic rings. The zero-order chi connectivity index (χ0) is 21.8. The standard InChI is InChI=1S/C23H22BrN5O2/c1-16-3-2-4-18(11-16)12-21(30)25-9-10-29-22-20(13-27-29)23(31)28(15-26-22)14-17-5-7-19(24)8-6-17/h2-8,11,13,15H,9-10,12,14H2,1H3,(H,25,30). The van der Waals surface area contributed by atoms with Gasteiger partial charge in [0.05, 0.1) is 25.7 Å². The minimum Gasteiger partial charge on any atom is -0.354 e. The molecule has 7 nitrogen and oxygen atoms in total. The highest BCUT2D eigenvalue weighted by molar-refractivity contribution is 9.10. The van der Waals surface area contributed by atoms with Crippen molar-refractivity contribution in [3.63, 3.8) is 0 Å². The number of aromatic nitrogens is 4. The minimum atomic E-state index is -0.136. The van der Waals surface area contributed by atoms with E-state index in [-0.39, 0.29) is 11.5 Å². The number of carbonyl (C=O) groups is 1. The van der Waals surface area contributed by atoms with Crippen molar-refractivity contribution in [2.45, 2.75) is 26.4 Å². The van der Waals surface area contributed by atoms with Crippen molar-refractivity contribution in [3.8, 4) is 0 Å². The normalized spacial score (nSPS) is 11.0. The van der Waals surface area contributed by atoms with Gasteiger partial charge in [-0.05, 0) is 30.2 Å². The highest BCUT2D eigenvalue weighted by Crippen LogP contribution is 2.12. The van der Waals surface area contributed by atoms with Crippen LogP contribution in [0.25, 0.3) is 11.0 Å². The van der Waals surface area contributed by atoms with Crippen LogP contribution in [0.15, 0.2) is 70.3 Å². The number of fused-ring (bicyclic) bond motifs is 1. The molecule has 1 N–H and O–H groups in total. The highest BCUT2D eigenvalue weighted by Gasteiger charge is 2.11. The summed E-state index contributed by atoms with van der Waals surface area (Å²) in [5, 5.41) is 7.66. The van der Waals surface area contributed by atoms with Gasteiger partial charge in [0.15, 0.2) is 5.65 Å². The Kier molecular flexibility index (Phi) is 6.27.